The monoisotopic (exact) mass is 347 g/mol. The van der Waals surface area contributed by atoms with Gasteiger partial charge in [0.15, 0.2) is 0 Å². The molecule has 1 atom stereocenters. The molecule has 0 saturated heterocycles. The van der Waals surface area contributed by atoms with E-state index >= 15 is 0 Å². The van der Waals surface area contributed by atoms with E-state index in [2.05, 4.69) is 21.2 Å². The van der Waals surface area contributed by atoms with Crippen molar-refractivity contribution < 1.29 is 13.2 Å². The van der Waals surface area contributed by atoms with E-state index in [4.69, 9.17) is 0 Å². The van der Waals surface area contributed by atoms with Crippen molar-refractivity contribution in [1.29, 1.82) is 0 Å². The Morgan fingerprint density at radius 2 is 2.20 bits per heavy atom. The lowest BCUT2D eigenvalue weighted by Crippen LogP contribution is -2.29. The van der Waals surface area contributed by atoms with Gasteiger partial charge in [0.2, 0.25) is 0 Å². The number of alkyl halides is 3. The lowest BCUT2D eigenvalue weighted by atomic mass is 9.88. The van der Waals surface area contributed by atoms with Gasteiger partial charge in [0.05, 0.1) is 5.92 Å². The molecule has 1 aliphatic carbocycles. The summed E-state index contributed by atoms with van der Waals surface area (Å²) in [5.74, 6) is -1.16. The van der Waals surface area contributed by atoms with Crippen molar-refractivity contribution >= 4 is 30.3 Å². The Hall–Kier alpha value is 0.150. The highest BCUT2D eigenvalue weighted by molar-refractivity contribution is 14.2. The molecular weight excluding hydrogens is 338 g/mol. The van der Waals surface area contributed by atoms with Gasteiger partial charge in [-0.15, -0.1) is 0 Å². The number of halogens is 4. The third kappa shape index (κ3) is 2.30. The minimum atomic E-state index is -4.05. The first kappa shape index (κ1) is 11.6. The summed E-state index contributed by atoms with van der Waals surface area (Å²) in [5, 5.41) is 0. The molecule has 84 valence electrons. The van der Waals surface area contributed by atoms with Crippen LogP contribution in [0.4, 0.5) is 13.2 Å². The quantitative estimate of drug-likeness (QED) is 0.696. The Morgan fingerprint density at radius 3 is 2.80 bits per heavy atom. The van der Waals surface area contributed by atoms with Crippen LogP contribution < -0.4 is 0 Å². The average Bonchev–Trinajstić information content (AvgIpc) is 2.57. The molecule has 15 heavy (non-hydrogen) atoms. The van der Waals surface area contributed by atoms with E-state index in [0.717, 1.165) is 11.3 Å². The SMILES string of the molecule is FC(F)(F)C1CCc2ccn(SI)c2C1. The minimum absolute atomic E-state index is 0.127. The van der Waals surface area contributed by atoms with Crippen molar-refractivity contribution in [3.05, 3.63) is 23.5 Å². The second-order valence-corrected chi connectivity index (χ2v) is 5.38. The molecule has 0 aliphatic heterocycles. The van der Waals surface area contributed by atoms with Crippen molar-refractivity contribution in [2.75, 3.05) is 0 Å². The molecule has 0 radical (unpaired) electrons. The number of rotatable bonds is 1. The van der Waals surface area contributed by atoms with Crippen molar-refractivity contribution in [2.24, 2.45) is 5.92 Å². The van der Waals surface area contributed by atoms with Gasteiger partial charge in [-0.1, -0.05) is 0 Å². The fourth-order valence-electron chi connectivity index (χ4n) is 1.94. The van der Waals surface area contributed by atoms with Gasteiger partial charge in [0, 0.05) is 48.6 Å². The van der Waals surface area contributed by atoms with E-state index in [0.29, 0.717) is 6.42 Å². The van der Waals surface area contributed by atoms with Crippen LogP contribution in [0.3, 0.4) is 0 Å². The van der Waals surface area contributed by atoms with Crippen molar-refractivity contribution in [3.8, 4) is 0 Å². The molecular formula is C9H9F3INS. The summed E-state index contributed by atoms with van der Waals surface area (Å²) in [6.07, 6.45) is -1.30. The first-order chi connectivity index (χ1) is 7.02. The van der Waals surface area contributed by atoms with Crippen molar-refractivity contribution in [3.63, 3.8) is 0 Å². The van der Waals surface area contributed by atoms with Gasteiger partial charge in [0.1, 0.15) is 0 Å². The second kappa shape index (κ2) is 4.20. The molecule has 1 nitrogen and oxygen atoms in total. The fourth-order valence-corrected chi connectivity index (χ4v) is 3.43. The fraction of sp³-hybridized carbons (Fsp3) is 0.556. The summed E-state index contributed by atoms with van der Waals surface area (Å²) in [6, 6.07) is 1.92. The van der Waals surface area contributed by atoms with Crippen LogP contribution in [0.5, 0.6) is 0 Å². The molecule has 1 aliphatic rings. The van der Waals surface area contributed by atoms with Crippen molar-refractivity contribution in [2.45, 2.75) is 25.4 Å². The molecule has 0 fully saturated rings. The molecule has 1 aromatic heterocycles. The predicted octanol–water partition coefficient (Wildman–Crippen LogP) is 4.00. The van der Waals surface area contributed by atoms with Crippen LogP contribution in [0, 0.1) is 5.92 Å². The maximum atomic E-state index is 12.6. The molecule has 2 rings (SSSR count). The average molecular weight is 347 g/mol. The highest BCUT2D eigenvalue weighted by atomic mass is 127. The number of hydrogen-bond donors (Lipinski definition) is 0. The minimum Gasteiger partial charge on any atom is -0.287 e. The van der Waals surface area contributed by atoms with E-state index in [1.165, 1.54) is 9.12 Å². The van der Waals surface area contributed by atoms with Crippen LogP contribution in [0.1, 0.15) is 17.7 Å². The topological polar surface area (TPSA) is 4.93 Å². The Morgan fingerprint density at radius 1 is 1.47 bits per heavy atom. The van der Waals surface area contributed by atoms with Crippen LogP contribution in [-0.2, 0) is 12.8 Å². The molecule has 0 saturated carbocycles. The molecule has 1 unspecified atom stereocenters. The largest absolute Gasteiger partial charge is 0.392 e. The summed E-state index contributed by atoms with van der Waals surface area (Å²) in [5.41, 5.74) is 1.91. The van der Waals surface area contributed by atoms with Gasteiger partial charge in [-0.05, 0) is 24.5 Å². The van der Waals surface area contributed by atoms with Gasteiger partial charge in [-0.25, -0.2) is 0 Å². The molecule has 6 heteroatoms. The number of fused-ring (bicyclic) bond motifs is 1. The smallest absolute Gasteiger partial charge is 0.287 e. The number of hydrogen-bond acceptors (Lipinski definition) is 1. The van der Waals surface area contributed by atoms with Crippen LogP contribution >= 0.6 is 30.3 Å². The maximum absolute atomic E-state index is 12.6. The highest BCUT2D eigenvalue weighted by Gasteiger charge is 2.41. The lowest BCUT2D eigenvalue weighted by Gasteiger charge is -2.25. The second-order valence-electron chi connectivity index (χ2n) is 3.66. The van der Waals surface area contributed by atoms with Gasteiger partial charge in [-0.2, -0.15) is 13.2 Å². The zero-order valence-corrected chi connectivity index (χ0v) is 10.7. The van der Waals surface area contributed by atoms with Crippen LogP contribution in [0.2, 0.25) is 0 Å². The van der Waals surface area contributed by atoms with Gasteiger partial charge in [0.25, 0.3) is 0 Å². The predicted molar refractivity (Wildman–Crippen MR) is 63.0 cm³/mol. The van der Waals surface area contributed by atoms with Gasteiger partial charge in [-0.3, -0.25) is 3.97 Å². The molecule has 0 aromatic carbocycles. The molecule has 0 amide bonds. The van der Waals surface area contributed by atoms with E-state index < -0.39 is 12.1 Å². The molecule has 1 aromatic rings. The Labute approximate surface area is 102 Å². The van der Waals surface area contributed by atoms with E-state index in [1.54, 1.807) is 0 Å². The van der Waals surface area contributed by atoms with Gasteiger partial charge >= 0.3 is 6.18 Å². The molecule has 0 spiro atoms. The van der Waals surface area contributed by atoms with E-state index in [-0.39, 0.29) is 12.8 Å². The summed E-state index contributed by atoms with van der Waals surface area (Å²) in [7, 11) is 1.42. The zero-order chi connectivity index (χ0) is 11.1. The number of aryl methyl sites for hydroxylation is 1. The van der Waals surface area contributed by atoms with Gasteiger partial charge < -0.3 is 0 Å². The Balaban J connectivity index is 2.25. The summed E-state index contributed by atoms with van der Waals surface area (Å²) in [4.78, 5) is 0. The third-order valence-corrected chi connectivity index (χ3v) is 4.55. The van der Waals surface area contributed by atoms with Crippen LogP contribution in [-0.4, -0.2) is 10.1 Å². The summed E-state index contributed by atoms with van der Waals surface area (Å²) >= 11 is 2.08. The molecule has 1 heterocycles. The first-order valence-corrected chi connectivity index (χ1v) is 7.89. The van der Waals surface area contributed by atoms with Crippen LogP contribution in [0.15, 0.2) is 12.3 Å². The standard InChI is InChI=1S/C9H9F3INS/c10-9(11,12)7-2-1-6-3-4-14(15-13)8(6)5-7/h3-4,7H,1-2,5H2. The normalized spacial score (nSPS) is 21.5. The van der Waals surface area contributed by atoms with E-state index in [1.807, 2.05) is 16.2 Å². The summed E-state index contributed by atoms with van der Waals surface area (Å²) in [6.45, 7) is 0. The number of aromatic nitrogens is 1. The first-order valence-electron chi connectivity index (χ1n) is 4.57. The summed E-state index contributed by atoms with van der Waals surface area (Å²) < 4.78 is 39.5. The molecule has 0 bridgehead atoms. The number of nitrogens with zero attached hydrogens (tertiary/aromatic N) is 1. The molecule has 0 N–H and O–H groups in total. The van der Waals surface area contributed by atoms with Crippen LogP contribution in [0.25, 0.3) is 0 Å². The van der Waals surface area contributed by atoms with E-state index in [9.17, 15) is 13.2 Å². The maximum Gasteiger partial charge on any atom is 0.392 e. The third-order valence-electron chi connectivity index (χ3n) is 2.79. The Bertz CT molecular complexity index is 347. The van der Waals surface area contributed by atoms with Crippen molar-refractivity contribution in [1.82, 2.24) is 3.97 Å². The highest BCUT2D eigenvalue weighted by Crippen LogP contribution is 2.38. The Kier molecular flexibility index (Phi) is 3.25. The lowest BCUT2D eigenvalue weighted by molar-refractivity contribution is -0.177. The zero-order valence-electron chi connectivity index (χ0n) is 7.72.